The number of urea groups is 1. The maximum absolute atomic E-state index is 12.1. The first kappa shape index (κ1) is 17.4. The molecule has 0 spiro atoms. The molecule has 2 aromatic heterocycles. The fraction of sp³-hybridized carbons (Fsp3) is 0.316. The molecular weight excluding hydrogens is 344 g/mol. The zero-order valence-corrected chi connectivity index (χ0v) is 15.0. The summed E-state index contributed by atoms with van der Waals surface area (Å²) in [6.45, 7) is 4.70. The maximum atomic E-state index is 12.1. The fourth-order valence-corrected chi connectivity index (χ4v) is 3.06. The molecule has 1 aliphatic rings. The Hall–Kier alpha value is -2.97. The van der Waals surface area contributed by atoms with Gasteiger partial charge in [-0.2, -0.15) is 0 Å². The highest BCUT2D eigenvalue weighted by atomic mass is 16.5. The second-order valence-corrected chi connectivity index (χ2v) is 6.44. The van der Waals surface area contributed by atoms with Crippen LogP contribution in [-0.2, 0) is 17.8 Å². The number of aromatic nitrogens is 3. The summed E-state index contributed by atoms with van der Waals surface area (Å²) in [5.41, 5.74) is 2.73. The summed E-state index contributed by atoms with van der Waals surface area (Å²) >= 11 is 0. The van der Waals surface area contributed by atoms with Crippen LogP contribution in [0.3, 0.4) is 0 Å². The molecule has 4 rings (SSSR count). The van der Waals surface area contributed by atoms with Crippen molar-refractivity contribution >= 4 is 17.4 Å². The number of rotatable bonds is 5. The molecule has 0 radical (unpaired) electrons. The van der Waals surface area contributed by atoms with Crippen molar-refractivity contribution in [1.82, 2.24) is 24.8 Å². The molecule has 27 heavy (non-hydrogen) atoms. The van der Waals surface area contributed by atoms with E-state index >= 15 is 0 Å². The maximum Gasteiger partial charge on any atom is 0.319 e. The molecule has 0 atom stereocenters. The molecule has 0 unspecified atom stereocenters. The molecule has 1 saturated heterocycles. The zero-order valence-electron chi connectivity index (χ0n) is 15.0. The van der Waals surface area contributed by atoms with E-state index in [1.54, 1.807) is 0 Å². The van der Waals surface area contributed by atoms with Crippen molar-refractivity contribution in [2.75, 3.05) is 31.6 Å². The molecule has 3 aromatic rings. The highest BCUT2D eigenvalue weighted by Crippen LogP contribution is 2.12. The molecule has 0 bridgehead atoms. The van der Waals surface area contributed by atoms with E-state index in [4.69, 9.17) is 4.74 Å². The third-order valence-corrected chi connectivity index (χ3v) is 4.51. The van der Waals surface area contributed by atoms with Crippen LogP contribution in [0.4, 0.5) is 10.5 Å². The van der Waals surface area contributed by atoms with Gasteiger partial charge in [0.15, 0.2) is 11.5 Å². The average Bonchev–Trinajstić information content (AvgIpc) is 3.12. The number of morpholine rings is 1. The first-order chi connectivity index (χ1) is 13.3. The SMILES string of the molecule is O=C(NCc1nnc2ccccn12)Nc1ccc(CN2CCOCC2)cc1. The van der Waals surface area contributed by atoms with Crippen LogP contribution in [0.2, 0.25) is 0 Å². The van der Waals surface area contributed by atoms with E-state index < -0.39 is 0 Å². The summed E-state index contributed by atoms with van der Waals surface area (Å²) in [7, 11) is 0. The Kier molecular flexibility index (Phi) is 5.27. The number of ether oxygens (including phenoxy) is 1. The van der Waals surface area contributed by atoms with Gasteiger partial charge in [-0.25, -0.2) is 4.79 Å². The topological polar surface area (TPSA) is 83.8 Å². The van der Waals surface area contributed by atoms with Crippen molar-refractivity contribution in [2.45, 2.75) is 13.1 Å². The first-order valence-corrected chi connectivity index (χ1v) is 9.00. The molecule has 1 aliphatic heterocycles. The Morgan fingerprint density at radius 1 is 1.07 bits per heavy atom. The summed E-state index contributed by atoms with van der Waals surface area (Å²) in [6, 6.07) is 13.3. The lowest BCUT2D eigenvalue weighted by molar-refractivity contribution is 0.0342. The van der Waals surface area contributed by atoms with E-state index in [0.29, 0.717) is 12.4 Å². The highest BCUT2D eigenvalue weighted by Gasteiger charge is 2.11. The number of benzene rings is 1. The number of carbonyl (C=O) groups is 1. The number of nitrogens with zero attached hydrogens (tertiary/aromatic N) is 4. The zero-order chi connectivity index (χ0) is 18.5. The van der Waals surface area contributed by atoms with Gasteiger partial charge in [-0.15, -0.1) is 10.2 Å². The third kappa shape index (κ3) is 4.42. The van der Waals surface area contributed by atoms with Crippen LogP contribution < -0.4 is 10.6 Å². The molecule has 2 N–H and O–H groups in total. The van der Waals surface area contributed by atoms with Crippen molar-refractivity contribution in [2.24, 2.45) is 0 Å². The Balaban J connectivity index is 1.29. The lowest BCUT2D eigenvalue weighted by Gasteiger charge is -2.26. The highest BCUT2D eigenvalue weighted by molar-refractivity contribution is 5.89. The van der Waals surface area contributed by atoms with E-state index in [1.807, 2.05) is 53.1 Å². The number of nitrogens with one attached hydrogen (secondary N) is 2. The van der Waals surface area contributed by atoms with Crippen molar-refractivity contribution < 1.29 is 9.53 Å². The molecule has 1 aromatic carbocycles. The van der Waals surface area contributed by atoms with E-state index in [9.17, 15) is 4.79 Å². The Labute approximate surface area is 157 Å². The summed E-state index contributed by atoms with van der Waals surface area (Å²) in [4.78, 5) is 14.5. The normalized spacial score (nSPS) is 15.0. The van der Waals surface area contributed by atoms with E-state index in [0.717, 1.165) is 44.2 Å². The quantitative estimate of drug-likeness (QED) is 0.720. The van der Waals surface area contributed by atoms with Crippen LogP contribution in [0, 0.1) is 0 Å². The van der Waals surface area contributed by atoms with Gasteiger partial charge in [-0.1, -0.05) is 18.2 Å². The van der Waals surface area contributed by atoms with Gasteiger partial charge in [0.2, 0.25) is 0 Å². The average molecular weight is 366 g/mol. The molecule has 8 nitrogen and oxygen atoms in total. The van der Waals surface area contributed by atoms with Gasteiger partial charge in [-0.3, -0.25) is 9.30 Å². The van der Waals surface area contributed by atoms with Crippen molar-refractivity contribution in [3.63, 3.8) is 0 Å². The van der Waals surface area contributed by atoms with Gasteiger partial charge < -0.3 is 15.4 Å². The summed E-state index contributed by atoms with van der Waals surface area (Å²) in [5, 5.41) is 13.8. The molecule has 0 saturated carbocycles. The molecule has 3 heterocycles. The molecule has 140 valence electrons. The largest absolute Gasteiger partial charge is 0.379 e. The monoisotopic (exact) mass is 366 g/mol. The van der Waals surface area contributed by atoms with E-state index in [-0.39, 0.29) is 6.03 Å². The Morgan fingerprint density at radius 2 is 1.89 bits per heavy atom. The molecule has 0 aliphatic carbocycles. The number of hydrogen-bond acceptors (Lipinski definition) is 5. The van der Waals surface area contributed by atoms with Crippen LogP contribution in [-0.4, -0.2) is 51.8 Å². The molecule has 1 fully saturated rings. The van der Waals surface area contributed by atoms with Gasteiger partial charge >= 0.3 is 6.03 Å². The van der Waals surface area contributed by atoms with E-state index in [1.165, 1.54) is 5.56 Å². The predicted molar refractivity (Wildman–Crippen MR) is 101 cm³/mol. The van der Waals surface area contributed by atoms with Gasteiger partial charge in [0.1, 0.15) is 0 Å². The number of fused-ring (bicyclic) bond motifs is 1. The second-order valence-electron chi connectivity index (χ2n) is 6.44. The lowest BCUT2D eigenvalue weighted by Crippen LogP contribution is -2.35. The van der Waals surface area contributed by atoms with Crippen LogP contribution in [0.25, 0.3) is 5.65 Å². The van der Waals surface area contributed by atoms with Crippen LogP contribution in [0.1, 0.15) is 11.4 Å². The minimum absolute atomic E-state index is 0.274. The van der Waals surface area contributed by atoms with Crippen molar-refractivity contribution in [3.05, 3.63) is 60.0 Å². The Bertz CT molecular complexity index is 902. The molecular formula is C19H22N6O2. The number of pyridine rings is 1. The first-order valence-electron chi connectivity index (χ1n) is 9.00. The van der Waals surface area contributed by atoms with Gasteiger partial charge in [0.25, 0.3) is 0 Å². The smallest absolute Gasteiger partial charge is 0.319 e. The lowest BCUT2D eigenvalue weighted by atomic mass is 10.2. The molecule has 2 amide bonds. The summed E-state index contributed by atoms with van der Waals surface area (Å²) < 4.78 is 7.22. The van der Waals surface area contributed by atoms with Gasteiger partial charge in [0.05, 0.1) is 19.8 Å². The van der Waals surface area contributed by atoms with Crippen LogP contribution in [0.15, 0.2) is 48.7 Å². The number of anilines is 1. The number of amides is 2. The van der Waals surface area contributed by atoms with Gasteiger partial charge in [-0.05, 0) is 29.8 Å². The van der Waals surface area contributed by atoms with Gasteiger partial charge in [0, 0.05) is 31.5 Å². The minimum Gasteiger partial charge on any atom is -0.379 e. The minimum atomic E-state index is -0.274. The third-order valence-electron chi connectivity index (χ3n) is 4.51. The number of hydrogen-bond donors (Lipinski definition) is 2. The van der Waals surface area contributed by atoms with E-state index in [2.05, 4.69) is 25.7 Å². The van der Waals surface area contributed by atoms with Crippen molar-refractivity contribution in [1.29, 1.82) is 0 Å². The fourth-order valence-electron chi connectivity index (χ4n) is 3.06. The molecule has 8 heteroatoms. The summed E-state index contributed by atoms with van der Waals surface area (Å²) in [6.07, 6.45) is 1.87. The Morgan fingerprint density at radius 3 is 2.70 bits per heavy atom. The number of carbonyl (C=O) groups excluding carboxylic acids is 1. The standard InChI is InChI=1S/C19H22N6O2/c26-19(20-13-18-23-22-17-3-1-2-8-25(17)18)21-16-6-4-15(5-7-16)14-24-9-11-27-12-10-24/h1-8H,9-14H2,(H2,20,21,26). The predicted octanol–water partition coefficient (Wildman–Crippen LogP) is 1.88. The summed E-state index contributed by atoms with van der Waals surface area (Å²) in [5.74, 6) is 0.682. The van der Waals surface area contributed by atoms with Crippen LogP contribution >= 0.6 is 0 Å². The second kappa shape index (κ2) is 8.15. The van der Waals surface area contributed by atoms with Crippen LogP contribution in [0.5, 0.6) is 0 Å². The van der Waals surface area contributed by atoms with Crippen molar-refractivity contribution in [3.8, 4) is 0 Å².